The van der Waals surface area contributed by atoms with Crippen LogP contribution in [-0.2, 0) is 0 Å². The molecule has 0 spiro atoms. The first kappa shape index (κ1) is 14.6. The molecule has 0 saturated carbocycles. The van der Waals surface area contributed by atoms with E-state index in [1.807, 2.05) is 30.3 Å². The van der Waals surface area contributed by atoms with E-state index >= 15 is 0 Å². The van der Waals surface area contributed by atoms with Crippen LogP contribution in [-0.4, -0.2) is 14.5 Å². The van der Waals surface area contributed by atoms with Gasteiger partial charge in [0.1, 0.15) is 0 Å². The van der Waals surface area contributed by atoms with E-state index in [9.17, 15) is 14.9 Å². The lowest BCUT2D eigenvalue weighted by Gasteiger charge is -2.10. The molecule has 0 unspecified atom stereocenters. The van der Waals surface area contributed by atoms with Gasteiger partial charge < -0.3 is 0 Å². The largest absolute Gasteiger partial charge is 0.352 e. The Hall–Kier alpha value is -3.28. The molecule has 0 radical (unpaired) electrons. The first-order chi connectivity index (χ1) is 11.1. The van der Waals surface area contributed by atoms with E-state index in [0.29, 0.717) is 17.0 Å². The summed E-state index contributed by atoms with van der Waals surface area (Å²) in [4.78, 5) is 26.8. The lowest BCUT2D eigenvalue weighted by atomic mass is 10.1. The molecule has 0 N–H and O–H groups in total. The molecule has 23 heavy (non-hydrogen) atoms. The zero-order chi connectivity index (χ0) is 16.4. The molecule has 114 valence electrons. The number of non-ortho nitro benzene ring substituents is 1. The van der Waals surface area contributed by atoms with Gasteiger partial charge in [-0.05, 0) is 25.1 Å². The van der Waals surface area contributed by atoms with Crippen LogP contribution < -0.4 is 5.69 Å². The fourth-order valence-electron chi connectivity index (χ4n) is 2.42. The average Bonchev–Trinajstić information content (AvgIpc) is 2.55. The summed E-state index contributed by atoms with van der Waals surface area (Å²) in [5.74, 6) is 0. The predicted molar refractivity (Wildman–Crippen MR) is 86.7 cm³/mol. The molecule has 0 aliphatic heterocycles. The fraction of sp³-hybridized carbons (Fsp3) is 0.0588. The van der Waals surface area contributed by atoms with Crippen LogP contribution in [0, 0.1) is 17.0 Å². The van der Waals surface area contributed by atoms with Crippen molar-refractivity contribution in [2.24, 2.45) is 0 Å². The van der Waals surface area contributed by atoms with Crippen molar-refractivity contribution in [3.63, 3.8) is 0 Å². The normalized spacial score (nSPS) is 10.5. The van der Waals surface area contributed by atoms with E-state index in [2.05, 4.69) is 4.98 Å². The number of rotatable bonds is 3. The van der Waals surface area contributed by atoms with Crippen LogP contribution in [0.15, 0.2) is 65.5 Å². The Balaban J connectivity index is 2.12. The van der Waals surface area contributed by atoms with Crippen LogP contribution in [0.2, 0.25) is 0 Å². The summed E-state index contributed by atoms with van der Waals surface area (Å²) in [6, 6.07) is 17.0. The van der Waals surface area contributed by atoms with Gasteiger partial charge in [0.05, 0.1) is 16.3 Å². The van der Waals surface area contributed by atoms with Crippen molar-refractivity contribution >= 4 is 5.69 Å². The number of aromatic nitrogens is 2. The number of aryl methyl sites for hydroxylation is 1. The molecular formula is C17H13N3O3. The molecule has 2 aromatic carbocycles. The molecule has 3 rings (SSSR count). The van der Waals surface area contributed by atoms with Gasteiger partial charge >= 0.3 is 5.69 Å². The summed E-state index contributed by atoms with van der Waals surface area (Å²) in [7, 11) is 0. The lowest BCUT2D eigenvalue weighted by molar-refractivity contribution is -0.384. The molecule has 0 aliphatic rings. The Morgan fingerprint density at radius 2 is 1.78 bits per heavy atom. The Labute approximate surface area is 131 Å². The highest BCUT2D eigenvalue weighted by atomic mass is 16.6. The van der Waals surface area contributed by atoms with E-state index in [0.717, 1.165) is 5.69 Å². The third kappa shape index (κ3) is 2.87. The first-order valence-electron chi connectivity index (χ1n) is 6.97. The van der Waals surface area contributed by atoms with Crippen LogP contribution in [0.1, 0.15) is 5.69 Å². The summed E-state index contributed by atoms with van der Waals surface area (Å²) >= 11 is 0. The van der Waals surface area contributed by atoms with Crippen molar-refractivity contribution in [3.8, 4) is 16.9 Å². The maximum atomic E-state index is 12.4. The van der Waals surface area contributed by atoms with Crippen LogP contribution >= 0.6 is 0 Å². The van der Waals surface area contributed by atoms with Gasteiger partial charge in [0, 0.05) is 23.4 Å². The van der Waals surface area contributed by atoms with Crippen molar-refractivity contribution in [2.45, 2.75) is 6.92 Å². The van der Waals surface area contributed by atoms with E-state index in [4.69, 9.17) is 0 Å². The van der Waals surface area contributed by atoms with E-state index in [-0.39, 0.29) is 5.69 Å². The van der Waals surface area contributed by atoms with Gasteiger partial charge in [-0.25, -0.2) is 4.79 Å². The number of para-hydroxylation sites is 1. The highest BCUT2D eigenvalue weighted by Gasteiger charge is 2.11. The maximum Gasteiger partial charge on any atom is 0.352 e. The molecular weight excluding hydrogens is 294 g/mol. The Morgan fingerprint density at radius 3 is 2.43 bits per heavy atom. The summed E-state index contributed by atoms with van der Waals surface area (Å²) < 4.78 is 1.50. The van der Waals surface area contributed by atoms with E-state index in [1.165, 1.54) is 16.7 Å². The maximum absolute atomic E-state index is 12.4. The van der Waals surface area contributed by atoms with Crippen LogP contribution in [0.5, 0.6) is 0 Å². The van der Waals surface area contributed by atoms with Crippen LogP contribution in [0.4, 0.5) is 5.69 Å². The van der Waals surface area contributed by atoms with Crippen molar-refractivity contribution in [1.82, 2.24) is 9.55 Å². The zero-order valence-electron chi connectivity index (χ0n) is 12.3. The molecule has 0 atom stereocenters. The second-order valence-corrected chi connectivity index (χ2v) is 5.04. The number of hydrogen-bond acceptors (Lipinski definition) is 4. The summed E-state index contributed by atoms with van der Waals surface area (Å²) in [6.45, 7) is 1.80. The molecule has 0 amide bonds. The Kier molecular flexibility index (Phi) is 3.72. The second kappa shape index (κ2) is 5.84. The molecule has 6 heteroatoms. The third-order valence-corrected chi connectivity index (χ3v) is 3.47. The number of nitro groups is 1. The average molecular weight is 307 g/mol. The van der Waals surface area contributed by atoms with Crippen molar-refractivity contribution in [1.29, 1.82) is 0 Å². The molecule has 0 bridgehead atoms. The molecule has 3 aromatic rings. The topological polar surface area (TPSA) is 78.0 Å². The molecule has 1 aromatic heterocycles. The van der Waals surface area contributed by atoms with E-state index in [1.54, 1.807) is 25.1 Å². The summed E-state index contributed by atoms with van der Waals surface area (Å²) in [5, 5.41) is 10.9. The number of nitro benzene ring substituents is 1. The van der Waals surface area contributed by atoms with Gasteiger partial charge in [0.15, 0.2) is 0 Å². The van der Waals surface area contributed by atoms with Crippen molar-refractivity contribution in [3.05, 3.63) is 87.0 Å². The van der Waals surface area contributed by atoms with Crippen molar-refractivity contribution in [2.75, 3.05) is 0 Å². The highest BCUT2D eigenvalue weighted by molar-refractivity contribution is 5.62. The van der Waals surface area contributed by atoms with Crippen LogP contribution in [0.3, 0.4) is 0 Å². The number of hydrogen-bond donors (Lipinski definition) is 0. The Bertz CT molecular complexity index is 933. The fourth-order valence-corrected chi connectivity index (χ4v) is 2.42. The van der Waals surface area contributed by atoms with E-state index < -0.39 is 10.6 Å². The lowest BCUT2D eigenvalue weighted by Crippen LogP contribution is -2.23. The molecule has 6 nitrogen and oxygen atoms in total. The molecule has 0 aliphatic carbocycles. The minimum atomic E-state index is -0.471. The standard InChI is InChI=1S/C17H13N3O3/c1-12-10-16(13-6-5-9-15(11-13)20(22)23)18-17(21)19(12)14-7-3-2-4-8-14/h2-11H,1H3. The Morgan fingerprint density at radius 1 is 1.04 bits per heavy atom. The number of nitrogens with zero attached hydrogens (tertiary/aromatic N) is 3. The van der Waals surface area contributed by atoms with Gasteiger partial charge in [-0.3, -0.25) is 14.7 Å². The van der Waals surface area contributed by atoms with Gasteiger partial charge in [-0.2, -0.15) is 4.98 Å². The molecule has 0 saturated heterocycles. The first-order valence-corrected chi connectivity index (χ1v) is 6.97. The summed E-state index contributed by atoms with van der Waals surface area (Å²) in [6.07, 6.45) is 0. The van der Waals surface area contributed by atoms with Gasteiger partial charge in [-0.1, -0.05) is 30.3 Å². The second-order valence-electron chi connectivity index (χ2n) is 5.04. The third-order valence-electron chi connectivity index (χ3n) is 3.47. The highest BCUT2D eigenvalue weighted by Crippen LogP contribution is 2.22. The van der Waals surface area contributed by atoms with Crippen LogP contribution in [0.25, 0.3) is 16.9 Å². The van der Waals surface area contributed by atoms with Gasteiger partial charge in [0.2, 0.25) is 0 Å². The molecule has 0 fully saturated rings. The quantitative estimate of drug-likeness (QED) is 0.550. The number of benzene rings is 2. The minimum Gasteiger partial charge on any atom is -0.265 e. The SMILES string of the molecule is Cc1cc(-c2cccc([N+](=O)[O-])c2)nc(=O)n1-c1ccccc1. The monoisotopic (exact) mass is 307 g/mol. The zero-order valence-corrected chi connectivity index (χ0v) is 12.3. The van der Waals surface area contributed by atoms with Crippen molar-refractivity contribution < 1.29 is 4.92 Å². The predicted octanol–water partition coefficient (Wildman–Crippen LogP) is 3.12. The van der Waals surface area contributed by atoms with Gasteiger partial charge in [0.25, 0.3) is 5.69 Å². The smallest absolute Gasteiger partial charge is 0.265 e. The minimum absolute atomic E-state index is 0.0332. The molecule has 1 heterocycles. The van der Waals surface area contributed by atoms with Gasteiger partial charge in [-0.15, -0.1) is 0 Å². The summed E-state index contributed by atoms with van der Waals surface area (Å²) in [5.41, 5.74) is 1.95.